The second-order valence-corrected chi connectivity index (χ2v) is 8.08. The van der Waals surface area contributed by atoms with E-state index in [1.807, 2.05) is 31.2 Å². The number of nitrogens with one attached hydrogen (secondary N) is 1. The molecule has 2 aromatic carbocycles. The summed E-state index contributed by atoms with van der Waals surface area (Å²) in [6.07, 6.45) is -0.633. The number of aromatic nitrogens is 4. The number of halogens is 3. The van der Waals surface area contributed by atoms with E-state index < -0.39 is 12.7 Å². The van der Waals surface area contributed by atoms with E-state index in [1.54, 1.807) is 31.3 Å². The predicted molar refractivity (Wildman–Crippen MR) is 127 cm³/mol. The average Bonchev–Trinajstić information content (AvgIpc) is 3.21. The third-order valence-electron chi connectivity index (χ3n) is 5.61. The van der Waals surface area contributed by atoms with E-state index in [4.69, 9.17) is 4.42 Å². The maximum absolute atomic E-state index is 13.8. The van der Waals surface area contributed by atoms with E-state index in [0.717, 1.165) is 12.0 Å². The lowest BCUT2D eigenvalue weighted by Gasteiger charge is -2.14. The molecular weight excluding hydrogens is 459 g/mol. The molecule has 0 fully saturated rings. The summed E-state index contributed by atoms with van der Waals surface area (Å²) in [6.45, 7) is 2.47. The van der Waals surface area contributed by atoms with Crippen LogP contribution in [0, 0.1) is 6.92 Å². The zero-order chi connectivity index (χ0) is 24.7. The van der Waals surface area contributed by atoms with E-state index in [9.17, 15) is 18.0 Å². The van der Waals surface area contributed by atoms with Crippen LogP contribution in [0.1, 0.15) is 18.4 Å². The number of anilines is 1. The summed E-state index contributed by atoms with van der Waals surface area (Å²) < 4.78 is 45.1. The van der Waals surface area contributed by atoms with Gasteiger partial charge in [0.25, 0.3) is 5.56 Å². The summed E-state index contributed by atoms with van der Waals surface area (Å²) in [5.41, 5.74) is 3.59. The molecule has 0 radical (unpaired) electrons. The number of fused-ring (bicyclic) bond motifs is 2. The van der Waals surface area contributed by atoms with Crippen LogP contribution in [0.5, 0.6) is 0 Å². The summed E-state index contributed by atoms with van der Waals surface area (Å²) in [5.74, 6) is 0.296. The molecule has 0 atom stereocenters. The predicted octanol–water partition coefficient (Wildman–Crippen LogP) is 5.43. The molecule has 5 rings (SSSR count). The molecule has 3 heterocycles. The summed E-state index contributed by atoms with van der Waals surface area (Å²) in [5, 5.41) is 2.68. The van der Waals surface area contributed by atoms with E-state index in [-0.39, 0.29) is 22.6 Å². The number of hydrogen-bond donors (Lipinski definition) is 1. The Morgan fingerprint density at radius 3 is 2.57 bits per heavy atom. The molecule has 0 aliphatic carbocycles. The van der Waals surface area contributed by atoms with Crippen molar-refractivity contribution in [2.24, 2.45) is 0 Å². The number of pyridine rings is 1. The monoisotopic (exact) mass is 479 g/mol. The SMILES string of the molecule is CCc1ccc(-c2c(=O)n(-c3ccc4oc(C)nc4c3)cc3cnc(NCC(F)(F)F)nc23)cc1. The Morgan fingerprint density at radius 2 is 1.86 bits per heavy atom. The molecule has 7 nitrogen and oxygen atoms in total. The van der Waals surface area contributed by atoms with Gasteiger partial charge in [-0.1, -0.05) is 31.2 Å². The van der Waals surface area contributed by atoms with Crippen molar-refractivity contribution in [1.29, 1.82) is 0 Å². The minimum Gasteiger partial charge on any atom is -0.441 e. The van der Waals surface area contributed by atoms with Crippen molar-refractivity contribution >= 4 is 28.0 Å². The molecule has 0 bridgehead atoms. The molecule has 1 N–H and O–H groups in total. The smallest absolute Gasteiger partial charge is 0.405 e. The van der Waals surface area contributed by atoms with Gasteiger partial charge >= 0.3 is 6.18 Å². The fourth-order valence-electron chi connectivity index (χ4n) is 3.91. The minimum absolute atomic E-state index is 0.210. The van der Waals surface area contributed by atoms with Crippen molar-refractivity contribution in [3.8, 4) is 16.8 Å². The van der Waals surface area contributed by atoms with Crippen LogP contribution in [0.3, 0.4) is 0 Å². The van der Waals surface area contributed by atoms with Crippen molar-refractivity contribution in [2.45, 2.75) is 26.4 Å². The molecule has 0 saturated carbocycles. The van der Waals surface area contributed by atoms with Gasteiger partial charge < -0.3 is 9.73 Å². The quantitative estimate of drug-likeness (QED) is 0.362. The van der Waals surface area contributed by atoms with E-state index in [2.05, 4.69) is 20.3 Å². The number of oxazole rings is 1. The zero-order valence-electron chi connectivity index (χ0n) is 18.8. The van der Waals surface area contributed by atoms with E-state index in [0.29, 0.717) is 33.6 Å². The highest BCUT2D eigenvalue weighted by molar-refractivity contribution is 5.93. The molecule has 5 aromatic rings. The number of rotatable bonds is 5. The largest absolute Gasteiger partial charge is 0.441 e. The first-order chi connectivity index (χ1) is 16.7. The van der Waals surface area contributed by atoms with Gasteiger partial charge in [-0.25, -0.2) is 15.0 Å². The Bertz CT molecular complexity index is 1600. The number of nitrogens with zero attached hydrogens (tertiary/aromatic N) is 4. The van der Waals surface area contributed by atoms with Gasteiger partial charge in [-0.15, -0.1) is 0 Å². The second-order valence-electron chi connectivity index (χ2n) is 8.08. The molecule has 10 heteroatoms. The topological polar surface area (TPSA) is 85.8 Å². The van der Waals surface area contributed by atoms with E-state index in [1.165, 1.54) is 10.8 Å². The molecule has 0 aliphatic rings. The normalized spacial score (nSPS) is 11.9. The molecular formula is C25H20F3N5O2. The van der Waals surface area contributed by atoms with Gasteiger partial charge in [-0.05, 0) is 35.7 Å². The van der Waals surface area contributed by atoms with Crippen LogP contribution in [-0.2, 0) is 6.42 Å². The van der Waals surface area contributed by atoms with Crippen LogP contribution in [-0.4, -0.2) is 32.2 Å². The molecule has 0 saturated heterocycles. The molecule has 3 aromatic heterocycles. The maximum atomic E-state index is 13.8. The minimum atomic E-state index is -4.43. The van der Waals surface area contributed by atoms with Gasteiger partial charge in [0.2, 0.25) is 5.95 Å². The lowest BCUT2D eigenvalue weighted by molar-refractivity contribution is -0.115. The maximum Gasteiger partial charge on any atom is 0.405 e. The van der Waals surface area contributed by atoms with Crippen LogP contribution in [0.25, 0.3) is 38.8 Å². The molecule has 0 amide bonds. The van der Waals surface area contributed by atoms with Crippen molar-refractivity contribution < 1.29 is 17.6 Å². The van der Waals surface area contributed by atoms with Crippen LogP contribution in [0.4, 0.5) is 19.1 Å². The Hall–Kier alpha value is -4.21. The summed E-state index contributed by atoms with van der Waals surface area (Å²) >= 11 is 0. The fourth-order valence-corrected chi connectivity index (χ4v) is 3.91. The molecule has 178 valence electrons. The highest BCUT2D eigenvalue weighted by Gasteiger charge is 2.27. The Morgan fingerprint density at radius 1 is 1.09 bits per heavy atom. The number of aryl methyl sites for hydroxylation is 2. The Labute approximate surface area is 197 Å². The first-order valence-electron chi connectivity index (χ1n) is 10.9. The number of hydrogen-bond acceptors (Lipinski definition) is 6. The van der Waals surface area contributed by atoms with Gasteiger partial charge in [0.1, 0.15) is 12.1 Å². The standard InChI is InChI=1S/C25H20F3N5O2/c1-3-15-4-6-16(7-5-15)21-22-17(11-29-24(32-22)30-13-25(26,27)28)12-33(23(21)34)18-8-9-20-19(10-18)31-14(2)35-20/h4-12H,3,13H2,1-2H3,(H,30,32). The van der Waals surface area contributed by atoms with Gasteiger partial charge in [-0.2, -0.15) is 13.2 Å². The highest BCUT2D eigenvalue weighted by Crippen LogP contribution is 2.27. The summed E-state index contributed by atoms with van der Waals surface area (Å²) in [7, 11) is 0. The lowest BCUT2D eigenvalue weighted by atomic mass is 10.0. The van der Waals surface area contributed by atoms with Gasteiger partial charge in [0.05, 0.1) is 16.8 Å². The van der Waals surface area contributed by atoms with Crippen molar-refractivity contribution in [3.63, 3.8) is 0 Å². The summed E-state index contributed by atoms with van der Waals surface area (Å²) in [6, 6.07) is 12.7. The van der Waals surface area contributed by atoms with Crippen LogP contribution >= 0.6 is 0 Å². The van der Waals surface area contributed by atoms with E-state index >= 15 is 0 Å². The molecule has 35 heavy (non-hydrogen) atoms. The first-order valence-corrected chi connectivity index (χ1v) is 10.9. The average molecular weight is 479 g/mol. The van der Waals surface area contributed by atoms with Gasteiger partial charge in [0.15, 0.2) is 11.5 Å². The van der Waals surface area contributed by atoms with Crippen molar-refractivity contribution in [3.05, 3.63) is 76.7 Å². The Balaban J connectivity index is 1.72. The number of benzene rings is 2. The third kappa shape index (κ3) is 4.46. The Kier molecular flexibility index (Phi) is 5.50. The molecule has 0 aliphatic heterocycles. The van der Waals surface area contributed by atoms with Gasteiger partial charge in [0, 0.05) is 24.7 Å². The van der Waals surface area contributed by atoms with Crippen LogP contribution < -0.4 is 10.9 Å². The fraction of sp³-hybridized carbons (Fsp3) is 0.200. The lowest BCUT2D eigenvalue weighted by Crippen LogP contribution is -2.23. The van der Waals surface area contributed by atoms with Gasteiger partial charge in [-0.3, -0.25) is 9.36 Å². The second kappa shape index (κ2) is 8.53. The number of alkyl halides is 3. The first kappa shape index (κ1) is 22.6. The molecule has 0 unspecified atom stereocenters. The van der Waals surface area contributed by atoms with Crippen LogP contribution in [0.15, 0.2) is 64.1 Å². The van der Waals surface area contributed by atoms with Crippen molar-refractivity contribution in [2.75, 3.05) is 11.9 Å². The summed E-state index contributed by atoms with van der Waals surface area (Å²) in [4.78, 5) is 26.4. The third-order valence-corrected chi connectivity index (χ3v) is 5.61. The zero-order valence-corrected chi connectivity index (χ0v) is 18.8. The molecule has 0 spiro atoms. The van der Waals surface area contributed by atoms with Crippen molar-refractivity contribution in [1.82, 2.24) is 19.5 Å². The highest BCUT2D eigenvalue weighted by atomic mass is 19.4. The van der Waals surface area contributed by atoms with Crippen LogP contribution in [0.2, 0.25) is 0 Å².